The predicted molar refractivity (Wildman–Crippen MR) is 118 cm³/mol. The number of hydrogen-bond acceptors (Lipinski definition) is 2. The molecule has 4 aromatic rings. The van der Waals surface area contributed by atoms with Crippen LogP contribution in [0.3, 0.4) is 0 Å². The van der Waals surface area contributed by atoms with E-state index in [0.29, 0.717) is 30.2 Å². The average Bonchev–Trinajstić information content (AvgIpc) is 3.09. The van der Waals surface area contributed by atoms with Crippen molar-refractivity contribution in [1.82, 2.24) is 14.7 Å². The zero-order chi connectivity index (χ0) is 21.4. The van der Waals surface area contributed by atoms with Crippen LogP contribution in [0.4, 0.5) is 9.18 Å². The molecule has 1 aromatic heterocycles. The summed E-state index contributed by atoms with van der Waals surface area (Å²) in [7, 11) is 0. The van der Waals surface area contributed by atoms with E-state index >= 15 is 0 Å². The molecule has 8 heteroatoms. The van der Waals surface area contributed by atoms with E-state index in [4.69, 9.17) is 28.3 Å². The summed E-state index contributed by atoms with van der Waals surface area (Å²) in [5.74, 6) is -0.512. The number of rotatable bonds is 5. The molecular weight excluding hydrogens is 428 g/mol. The van der Waals surface area contributed by atoms with Gasteiger partial charge in [-0.05, 0) is 54.1 Å². The Kier molecular flexibility index (Phi) is 5.54. The fourth-order valence-corrected chi connectivity index (χ4v) is 4.00. The van der Waals surface area contributed by atoms with Crippen LogP contribution in [0.25, 0.3) is 27.4 Å². The van der Waals surface area contributed by atoms with E-state index in [1.165, 1.54) is 17.0 Å². The van der Waals surface area contributed by atoms with Gasteiger partial charge in [0.25, 0.3) is 0 Å². The fraction of sp³-hybridized carbons (Fsp3) is 0.182. The quantitative estimate of drug-likeness (QED) is 0.399. The van der Waals surface area contributed by atoms with Gasteiger partial charge in [0.2, 0.25) is 0 Å². The number of amides is 1. The van der Waals surface area contributed by atoms with E-state index in [2.05, 4.69) is 0 Å². The second-order valence-electron chi connectivity index (χ2n) is 6.89. The molecule has 3 aromatic carbocycles. The van der Waals surface area contributed by atoms with Gasteiger partial charge in [-0.1, -0.05) is 35.3 Å². The maximum Gasteiger partial charge on any atom is 0.407 e. The molecular formula is C22H18Cl2FN3O2. The van der Waals surface area contributed by atoms with Crippen LogP contribution in [0.2, 0.25) is 10.0 Å². The zero-order valence-electron chi connectivity index (χ0n) is 16.1. The Morgan fingerprint density at radius 1 is 1.17 bits per heavy atom. The molecule has 0 bridgehead atoms. The number of likely N-dealkylation sites (N-methyl/N-ethyl adjacent to an activating group) is 1. The van der Waals surface area contributed by atoms with E-state index in [1.807, 2.05) is 30.3 Å². The standard InChI is InChI=1S/C22H18Cl2FN3O2/c1-2-27(22(29)30)10-9-20-21-16-6-4-14(23)11-13(16)3-8-19(21)26-28(20)15-5-7-18(25)17(24)12-15/h3-8,11-12H,2,9-10H2,1H3,(H,29,30). The summed E-state index contributed by atoms with van der Waals surface area (Å²) in [4.78, 5) is 12.8. The summed E-state index contributed by atoms with van der Waals surface area (Å²) in [6, 6.07) is 13.9. The second-order valence-corrected chi connectivity index (χ2v) is 7.74. The van der Waals surface area contributed by atoms with Crippen LogP contribution >= 0.6 is 23.2 Å². The highest BCUT2D eigenvalue weighted by molar-refractivity contribution is 6.31. The molecule has 0 aliphatic rings. The number of benzene rings is 3. The third-order valence-corrected chi connectivity index (χ3v) is 5.66. The van der Waals surface area contributed by atoms with Crippen LogP contribution in [-0.2, 0) is 6.42 Å². The van der Waals surface area contributed by atoms with Gasteiger partial charge in [0.05, 0.1) is 21.9 Å². The SMILES string of the molecule is CCN(CCc1c2c(ccc3cc(Cl)ccc32)nn1-c1ccc(F)c(Cl)c1)C(=O)O. The highest BCUT2D eigenvalue weighted by Gasteiger charge is 2.18. The van der Waals surface area contributed by atoms with Gasteiger partial charge < -0.3 is 10.0 Å². The molecule has 0 aliphatic carbocycles. The Morgan fingerprint density at radius 2 is 1.97 bits per heavy atom. The van der Waals surface area contributed by atoms with Gasteiger partial charge in [0, 0.05) is 29.9 Å². The van der Waals surface area contributed by atoms with Crippen molar-refractivity contribution >= 4 is 51.0 Å². The molecule has 1 amide bonds. The van der Waals surface area contributed by atoms with Gasteiger partial charge in [-0.2, -0.15) is 5.10 Å². The molecule has 5 nitrogen and oxygen atoms in total. The first kappa shape index (κ1) is 20.4. The number of aromatic nitrogens is 2. The molecule has 0 atom stereocenters. The Balaban J connectivity index is 1.94. The number of fused-ring (bicyclic) bond motifs is 3. The summed E-state index contributed by atoms with van der Waals surface area (Å²) in [6.07, 6.45) is -0.553. The number of carbonyl (C=O) groups is 1. The van der Waals surface area contributed by atoms with Crippen molar-refractivity contribution in [3.63, 3.8) is 0 Å². The number of carboxylic acid groups (broad SMARTS) is 1. The minimum Gasteiger partial charge on any atom is -0.465 e. The molecule has 0 saturated heterocycles. The van der Waals surface area contributed by atoms with Crippen LogP contribution in [-0.4, -0.2) is 39.0 Å². The molecule has 154 valence electrons. The summed E-state index contributed by atoms with van der Waals surface area (Å²) in [5, 5.41) is 17.6. The first-order chi connectivity index (χ1) is 14.4. The van der Waals surface area contributed by atoms with Crippen molar-refractivity contribution in [2.24, 2.45) is 0 Å². The monoisotopic (exact) mass is 445 g/mol. The Morgan fingerprint density at radius 3 is 2.67 bits per heavy atom. The van der Waals surface area contributed by atoms with Crippen LogP contribution in [0.15, 0.2) is 48.5 Å². The number of halogens is 3. The lowest BCUT2D eigenvalue weighted by molar-refractivity contribution is 0.148. The van der Waals surface area contributed by atoms with E-state index in [1.54, 1.807) is 17.7 Å². The van der Waals surface area contributed by atoms with Crippen molar-refractivity contribution in [2.75, 3.05) is 13.1 Å². The molecule has 4 rings (SSSR count). The normalized spacial score (nSPS) is 11.3. The molecule has 0 spiro atoms. The molecule has 0 unspecified atom stereocenters. The fourth-order valence-electron chi connectivity index (χ4n) is 3.64. The first-order valence-corrected chi connectivity index (χ1v) is 10.2. The number of nitrogens with zero attached hydrogens (tertiary/aromatic N) is 3. The highest BCUT2D eigenvalue weighted by atomic mass is 35.5. The summed E-state index contributed by atoms with van der Waals surface area (Å²) >= 11 is 12.2. The summed E-state index contributed by atoms with van der Waals surface area (Å²) < 4.78 is 15.4. The Hall–Kier alpha value is -2.83. The van der Waals surface area contributed by atoms with Crippen LogP contribution in [0.1, 0.15) is 12.6 Å². The van der Waals surface area contributed by atoms with Crippen molar-refractivity contribution in [3.05, 3.63) is 70.1 Å². The smallest absolute Gasteiger partial charge is 0.407 e. The Labute approximate surface area is 182 Å². The molecule has 0 fully saturated rings. The van der Waals surface area contributed by atoms with Gasteiger partial charge in [0.1, 0.15) is 5.82 Å². The van der Waals surface area contributed by atoms with Crippen molar-refractivity contribution < 1.29 is 14.3 Å². The third kappa shape index (κ3) is 3.68. The molecule has 0 radical (unpaired) electrons. The lowest BCUT2D eigenvalue weighted by Gasteiger charge is -2.17. The lowest BCUT2D eigenvalue weighted by atomic mass is 10.0. The second kappa shape index (κ2) is 8.13. The van der Waals surface area contributed by atoms with E-state index in [9.17, 15) is 14.3 Å². The first-order valence-electron chi connectivity index (χ1n) is 9.42. The van der Waals surface area contributed by atoms with Crippen molar-refractivity contribution in [3.8, 4) is 5.69 Å². The third-order valence-electron chi connectivity index (χ3n) is 5.13. The summed E-state index contributed by atoms with van der Waals surface area (Å²) in [5.41, 5.74) is 2.17. The van der Waals surface area contributed by atoms with E-state index < -0.39 is 11.9 Å². The van der Waals surface area contributed by atoms with Crippen molar-refractivity contribution in [2.45, 2.75) is 13.3 Å². The predicted octanol–water partition coefficient (Wildman–Crippen LogP) is 6.17. The minimum absolute atomic E-state index is 0.00429. The van der Waals surface area contributed by atoms with Crippen molar-refractivity contribution in [1.29, 1.82) is 0 Å². The van der Waals surface area contributed by atoms with Gasteiger partial charge in [0.15, 0.2) is 0 Å². The zero-order valence-corrected chi connectivity index (χ0v) is 17.6. The van der Waals surface area contributed by atoms with E-state index in [0.717, 1.165) is 27.4 Å². The van der Waals surface area contributed by atoms with Crippen LogP contribution < -0.4 is 0 Å². The maximum atomic E-state index is 13.7. The maximum absolute atomic E-state index is 13.7. The lowest BCUT2D eigenvalue weighted by Crippen LogP contribution is -2.31. The molecule has 1 heterocycles. The van der Waals surface area contributed by atoms with Gasteiger partial charge in [-0.3, -0.25) is 0 Å². The van der Waals surface area contributed by atoms with Gasteiger partial charge in [-0.25, -0.2) is 13.9 Å². The van der Waals surface area contributed by atoms with E-state index in [-0.39, 0.29) is 5.02 Å². The molecule has 1 N–H and O–H groups in total. The van der Waals surface area contributed by atoms with Gasteiger partial charge in [-0.15, -0.1) is 0 Å². The molecule has 30 heavy (non-hydrogen) atoms. The molecule has 0 aliphatic heterocycles. The van der Waals surface area contributed by atoms with Gasteiger partial charge >= 0.3 is 6.09 Å². The average molecular weight is 446 g/mol. The number of hydrogen-bond donors (Lipinski definition) is 1. The minimum atomic E-state index is -0.977. The van der Waals surface area contributed by atoms with Crippen LogP contribution in [0.5, 0.6) is 0 Å². The Bertz CT molecular complexity index is 1270. The largest absolute Gasteiger partial charge is 0.465 e. The molecule has 0 saturated carbocycles. The topological polar surface area (TPSA) is 58.4 Å². The summed E-state index contributed by atoms with van der Waals surface area (Å²) in [6.45, 7) is 2.46. The highest BCUT2D eigenvalue weighted by Crippen LogP contribution is 2.32. The van der Waals surface area contributed by atoms with Crippen LogP contribution in [0, 0.1) is 5.82 Å².